The van der Waals surface area contributed by atoms with Crippen LogP contribution in [0.2, 0.25) is 0 Å². The van der Waals surface area contributed by atoms with Crippen molar-refractivity contribution in [1.29, 1.82) is 0 Å². The number of aryl methyl sites for hydroxylation is 1. The summed E-state index contributed by atoms with van der Waals surface area (Å²) in [7, 11) is 0. The average Bonchev–Trinajstić information content (AvgIpc) is 3.65. The predicted molar refractivity (Wildman–Crippen MR) is 304 cm³/mol. The second-order valence-corrected chi connectivity index (χ2v) is 28.9. The van der Waals surface area contributed by atoms with E-state index in [0.29, 0.717) is 5.92 Å². The van der Waals surface area contributed by atoms with Crippen LogP contribution < -0.4 is 25.5 Å². The van der Waals surface area contributed by atoms with Gasteiger partial charge in [-0.05, 0) is 205 Å². The number of fused-ring (bicyclic) bond motifs is 9. The van der Waals surface area contributed by atoms with Crippen molar-refractivity contribution in [2.75, 3.05) is 9.80 Å². The standard InChI is InChI=1S/C65H81BN2S/c1-19-38(2)40-31-53-56-54(32-40)68(51-23-20-41(30-39(51)3)59(4,5)6)52-36-48-47(63(13,14)27-28-64(48,15)16)35-50(52)66(56)58-57(43-34-46-49(37-55(43)69-58)65(17,18)29-26-62(46,11)12)67(53)42-21-22-44-45(33-42)61(9,10)25-24-60(44,7)8/h20-23,30-38H,19,24-29H2,1-18H3. The molecule has 3 aliphatic carbocycles. The van der Waals surface area contributed by atoms with E-state index < -0.39 is 0 Å². The molecule has 0 saturated heterocycles. The Balaban J connectivity index is 1.31. The fraction of sp³-hybridized carbons (Fsp3) is 0.508. The minimum absolute atomic E-state index is 0.0545. The minimum Gasteiger partial charge on any atom is -0.311 e. The summed E-state index contributed by atoms with van der Waals surface area (Å²) >= 11 is 2.10. The maximum Gasteiger partial charge on any atom is 0.264 e. The fourth-order valence-electron chi connectivity index (χ4n) is 13.8. The summed E-state index contributed by atoms with van der Waals surface area (Å²) in [6.07, 6.45) is 8.28. The molecule has 0 spiro atoms. The van der Waals surface area contributed by atoms with E-state index in [9.17, 15) is 0 Å². The number of anilines is 6. The molecule has 0 amide bonds. The van der Waals surface area contributed by atoms with Crippen LogP contribution in [0.4, 0.5) is 34.1 Å². The van der Waals surface area contributed by atoms with Gasteiger partial charge >= 0.3 is 0 Å². The van der Waals surface area contributed by atoms with Gasteiger partial charge in [0.1, 0.15) is 0 Å². The molecule has 0 radical (unpaired) electrons. The quantitative estimate of drug-likeness (QED) is 0.162. The smallest absolute Gasteiger partial charge is 0.264 e. The van der Waals surface area contributed by atoms with Crippen molar-refractivity contribution >= 4 is 78.0 Å². The van der Waals surface area contributed by atoms with Crippen LogP contribution >= 0.6 is 11.3 Å². The van der Waals surface area contributed by atoms with Crippen molar-refractivity contribution in [3.63, 3.8) is 0 Å². The number of benzene rings is 5. The first kappa shape index (κ1) is 47.1. The van der Waals surface area contributed by atoms with Crippen LogP contribution in [0.5, 0.6) is 0 Å². The van der Waals surface area contributed by atoms with E-state index in [2.05, 4.69) is 219 Å². The summed E-state index contributed by atoms with van der Waals surface area (Å²) in [5, 5.41) is 1.43. The Kier molecular flexibility index (Phi) is 10.2. The first-order valence-electron chi connectivity index (χ1n) is 26.9. The van der Waals surface area contributed by atoms with Crippen molar-refractivity contribution in [1.82, 2.24) is 0 Å². The third-order valence-corrected chi connectivity index (χ3v) is 20.4. The Hall–Kier alpha value is -4.28. The highest BCUT2D eigenvalue weighted by molar-refractivity contribution is 7.33. The lowest BCUT2D eigenvalue weighted by molar-refractivity contribution is 0.332. The summed E-state index contributed by atoms with van der Waals surface area (Å²) in [5.41, 5.74) is 25.0. The molecule has 0 saturated carbocycles. The Morgan fingerprint density at radius 2 is 1.06 bits per heavy atom. The molecule has 1 aromatic heterocycles. The zero-order valence-electron chi connectivity index (χ0n) is 45.8. The van der Waals surface area contributed by atoms with E-state index in [4.69, 9.17) is 0 Å². The molecule has 0 bridgehead atoms. The summed E-state index contributed by atoms with van der Waals surface area (Å²) in [6.45, 7) is 44.3. The highest BCUT2D eigenvalue weighted by atomic mass is 32.1. The first-order chi connectivity index (χ1) is 32.1. The maximum absolute atomic E-state index is 2.80. The monoisotopic (exact) mass is 933 g/mol. The summed E-state index contributed by atoms with van der Waals surface area (Å²) in [4.78, 5) is 5.54. The highest BCUT2D eigenvalue weighted by Crippen LogP contribution is 2.56. The van der Waals surface area contributed by atoms with Gasteiger partial charge in [0.2, 0.25) is 0 Å². The normalized spacial score (nSPS) is 21.2. The molecule has 2 aliphatic heterocycles. The Morgan fingerprint density at radius 1 is 0.551 bits per heavy atom. The maximum atomic E-state index is 2.80. The van der Waals surface area contributed by atoms with Gasteiger partial charge in [-0.1, -0.05) is 142 Å². The molecule has 69 heavy (non-hydrogen) atoms. The third-order valence-electron chi connectivity index (χ3n) is 19.2. The zero-order chi connectivity index (χ0) is 49.5. The van der Waals surface area contributed by atoms with Crippen LogP contribution in [-0.4, -0.2) is 6.71 Å². The topological polar surface area (TPSA) is 6.48 Å². The molecule has 11 rings (SSSR count). The average molecular weight is 933 g/mol. The molecule has 0 fully saturated rings. The fourth-order valence-corrected chi connectivity index (χ4v) is 15.1. The van der Waals surface area contributed by atoms with E-state index in [1.54, 1.807) is 16.7 Å². The Bertz CT molecular complexity index is 3140. The lowest BCUT2D eigenvalue weighted by Gasteiger charge is -2.47. The number of nitrogens with zero attached hydrogens (tertiary/aromatic N) is 2. The molecule has 360 valence electrons. The van der Waals surface area contributed by atoms with Crippen molar-refractivity contribution in [3.8, 4) is 0 Å². The minimum atomic E-state index is 0.0545. The molecular weight excluding hydrogens is 852 g/mol. The van der Waals surface area contributed by atoms with Crippen molar-refractivity contribution in [2.24, 2.45) is 0 Å². The molecule has 0 N–H and O–H groups in total. The molecule has 1 atom stereocenters. The van der Waals surface area contributed by atoms with Crippen LogP contribution in [-0.2, 0) is 37.9 Å². The van der Waals surface area contributed by atoms with E-state index in [-0.39, 0.29) is 44.6 Å². The van der Waals surface area contributed by atoms with Gasteiger partial charge in [0.25, 0.3) is 6.71 Å². The van der Waals surface area contributed by atoms with Gasteiger partial charge in [-0.15, -0.1) is 11.3 Å². The molecule has 1 unspecified atom stereocenters. The van der Waals surface area contributed by atoms with Crippen molar-refractivity contribution < 1.29 is 0 Å². The molecule has 4 heteroatoms. The number of hydrogen-bond acceptors (Lipinski definition) is 3. The second kappa shape index (κ2) is 14.9. The molecule has 3 heterocycles. The predicted octanol–water partition coefficient (Wildman–Crippen LogP) is 17.2. The largest absolute Gasteiger partial charge is 0.311 e. The van der Waals surface area contributed by atoms with E-state index in [1.807, 2.05) is 0 Å². The van der Waals surface area contributed by atoms with Crippen LogP contribution in [0.1, 0.15) is 219 Å². The number of hydrogen-bond donors (Lipinski definition) is 0. The first-order valence-corrected chi connectivity index (χ1v) is 27.7. The van der Waals surface area contributed by atoms with Gasteiger partial charge in [-0.3, -0.25) is 0 Å². The van der Waals surface area contributed by atoms with Crippen LogP contribution in [0.25, 0.3) is 10.1 Å². The Morgan fingerprint density at radius 3 is 1.61 bits per heavy atom. The molecule has 2 nitrogen and oxygen atoms in total. The van der Waals surface area contributed by atoms with Crippen molar-refractivity contribution in [3.05, 3.63) is 123 Å². The van der Waals surface area contributed by atoms with Crippen LogP contribution in [0.15, 0.2) is 72.8 Å². The van der Waals surface area contributed by atoms with Gasteiger partial charge in [-0.25, -0.2) is 0 Å². The van der Waals surface area contributed by atoms with Crippen LogP contribution in [0.3, 0.4) is 0 Å². The summed E-state index contributed by atoms with van der Waals surface area (Å²) in [6, 6.07) is 31.1. The van der Waals surface area contributed by atoms with E-state index in [1.165, 1.54) is 132 Å². The van der Waals surface area contributed by atoms with Gasteiger partial charge in [0.05, 0.1) is 5.69 Å². The molecule has 5 aliphatic rings. The number of thiophene rings is 1. The van der Waals surface area contributed by atoms with Gasteiger partial charge in [0, 0.05) is 43.3 Å². The summed E-state index contributed by atoms with van der Waals surface area (Å²) < 4.78 is 2.93. The van der Waals surface area contributed by atoms with Crippen LogP contribution in [0, 0.1) is 6.92 Å². The second-order valence-electron chi connectivity index (χ2n) is 27.8. The molecular formula is C65H81BN2S. The molecule has 5 aromatic carbocycles. The number of rotatable bonds is 4. The third kappa shape index (κ3) is 6.96. The Labute approximate surface area is 421 Å². The molecule has 6 aromatic rings. The van der Waals surface area contributed by atoms with E-state index in [0.717, 1.165) is 6.42 Å². The van der Waals surface area contributed by atoms with Crippen molar-refractivity contribution in [2.45, 2.75) is 213 Å². The summed E-state index contributed by atoms with van der Waals surface area (Å²) in [5.74, 6) is 0.390. The van der Waals surface area contributed by atoms with Gasteiger partial charge in [-0.2, -0.15) is 0 Å². The highest BCUT2D eigenvalue weighted by Gasteiger charge is 2.49. The lowest BCUT2D eigenvalue weighted by Crippen LogP contribution is -2.61. The SMILES string of the molecule is CCC(C)c1cc2c3c(c1)N(c1ccc4c(c1)C(C)(C)CCC4(C)C)c1c(sc4cc5c(cc14)C(C)(C)CCC5(C)C)B3c1cc3c(cc1N2c1ccc(C(C)(C)C)cc1C)C(C)(C)CCC3(C)C. The van der Waals surface area contributed by atoms with Gasteiger partial charge in [0.15, 0.2) is 0 Å². The van der Waals surface area contributed by atoms with E-state index >= 15 is 0 Å². The van der Waals surface area contributed by atoms with Gasteiger partial charge < -0.3 is 9.80 Å². The zero-order valence-corrected chi connectivity index (χ0v) is 46.7. The lowest BCUT2D eigenvalue weighted by atomic mass is 9.35.